The van der Waals surface area contributed by atoms with Gasteiger partial charge in [0.15, 0.2) is 18.3 Å². The molecule has 0 radical (unpaired) electrons. The van der Waals surface area contributed by atoms with Crippen molar-refractivity contribution in [1.82, 2.24) is 0 Å². The molecule has 0 aromatic rings. The molecule has 0 aromatic carbocycles. The first-order chi connectivity index (χ1) is 14.0. The number of esters is 3. The quantitative estimate of drug-likeness (QED) is 0.406. The van der Waals surface area contributed by atoms with Crippen LogP contribution in [0, 0.1) is 11.8 Å². The summed E-state index contributed by atoms with van der Waals surface area (Å²) in [6, 6.07) is 0. The van der Waals surface area contributed by atoms with Gasteiger partial charge < -0.3 is 28.8 Å². The molecule has 1 rings (SSSR count). The third-order valence-corrected chi connectivity index (χ3v) is 4.77. The average molecular weight is 433 g/mol. The molecule has 1 saturated carbocycles. The highest BCUT2D eigenvalue weighted by atomic mass is 16.6. The Morgan fingerprint density at radius 2 is 1.13 bits per heavy atom. The summed E-state index contributed by atoms with van der Waals surface area (Å²) in [4.78, 5) is 35.3. The molecule has 1 unspecified atom stereocenters. The van der Waals surface area contributed by atoms with Crippen molar-refractivity contribution in [2.24, 2.45) is 11.8 Å². The van der Waals surface area contributed by atoms with Gasteiger partial charge in [-0.1, -0.05) is 34.1 Å². The molecule has 9 heteroatoms. The van der Waals surface area contributed by atoms with E-state index in [0.717, 1.165) is 6.42 Å². The number of rotatable bonds is 10. The molecule has 0 heterocycles. The van der Waals surface area contributed by atoms with Crippen LogP contribution in [0.1, 0.15) is 54.9 Å². The molecular formula is C21H36O9. The van der Waals surface area contributed by atoms with Gasteiger partial charge in [-0.3, -0.25) is 14.4 Å². The van der Waals surface area contributed by atoms with Gasteiger partial charge in [-0.2, -0.15) is 0 Å². The number of aliphatic hydroxyl groups excluding tert-OH is 1. The summed E-state index contributed by atoms with van der Waals surface area (Å²) in [7, 11) is 0. The minimum atomic E-state index is -1.43. The molecule has 1 aliphatic rings. The fourth-order valence-electron chi connectivity index (χ4n) is 3.20. The number of carbonyl (C=O) groups excluding carboxylic acids is 3. The monoisotopic (exact) mass is 432 g/mol. The number of carbonyl (C=O) groups is 3. The topological polar surface area (TPSA) is 118 Å². The van der Waals surface area contributed by atoms with Crippen molar-refractivity contribution in [3.05, 3.63) is 0 Å². The first-order valence-electron chi connectivity index (χ1n) is 10.4. The van der Waals surface area contributed by atoms with Crippen LogP contribution in [0.5, 0.6) is 0 Å². The summed E-state index contributed by atoms with van der Waals surface area (Å²) in [5.41, 5.74) is 0. The first-order valence-corrected chi connectivity index (χ1v) is 10.4. The summed E-state index contributed by atoms with van der Waals surface area (Å²) < 4.78 is 28.1. The molecule has 7 atom stereocenters. The standard InChI is InChI=1S/C21H36O9/c1-8-12(4)10-27-20-18(29-14(6)23)16(25)17(28-13(5)22)19(26-9-11(2)3)21(20)30-15(7)24/h11-12,16-21,25H,8-10H2,1-7H3/t12?,16-,17-,18+,19+,20+,21+/m0/s1. The smallest absolute Gasteiger partial charge is 0.303 e. The summed E-state index contributed by atoms with van der Waals surface area (Å²) in [6.45, 7) is 12.0. The molecule has 0 aliphatic heterocycles. The fourth-order valence-corrected chi connectivity index (χ4v) is 3.20. The fraction of sp³-hybridized carbons (Fsp3) is 0.857. The van der Waals surface area contributed by atoms with Gasteiger partial charge in [0.25, 0.3) is 0 Å². The normalized spacial score (nSPS) is 29.9. The second-order valence-electron chi connectivity index (χ2n) is 8.22. The van der Waals surface area contributed by atoms with E-state index in [-0.39, 0.29) is 18.4 Å². The van der Waals surface area contributed by atoms with E-state index in [9.17, 15) is 19.5 Å². The number of ether oxygens (including phenoxy) is 5. The molecule has 1 fully saturated rings. The molecule has 9 nitrogen and oxygen atoms in total. The molecule has 1 aliphatic carbocycles. The lowest BCUT2D eigenvalue weighted by molar-refractivity contribution is -0.263. The molecule has 30 heavy (non-hydrogen) atoms. The van der Waals surface area contributed by atoms with Crippen molar-refractivity contribution in [1.29, 1.82) is 0 Å². The first kappa shape index (κ1) is 26.3. The Balaban J connectivity index is 3.37. The maximum absolute atomic E-state index is 11.9. The van der Waals surface area contributed by atoms with Crippen LogP contribution >= 0.6 is 0 Å². The Hall–Kier alpha value is -1.71. The number of hydrogen-bond acceptors (Lipinski definition) is 9. The van der Waals surface area contributed by atoms with Crippen LogP contribution in [0.2, 0.25) is 0 Å². The van der Waals surface area contributed by atoms with Crippen molar-refractivity contribution < 1.29 is 43.2 Å². The van der Waals surface area contributed by atoms with Crippen LogP contribution in [0.3, 0.4) is 0 Å². The van der Waals surface area contributed by atoms with Crippen LogP contribution in [-0.2, 0) is 38.1 Å². The van der Waals surface area contributed by atoms with Crippen LogP contribution in [0.25, 0.3) is 0 Å². The van der Waals surface area contributed by atoms with E-state index in [1.165, 1.54) is 20.8 Å². The molecule has 0 aromatic heterocycles. The summed E-state index contributed by atoms with van der Waals surface area (Å²) >= 11 is 0. The average Bonchev–Trinajstić information content (AvgIpc) is 2.62. The van der Waals surface area contributed by atoms with Crippen molar-refractivity contribution >= 4 is 17.9 Å². The summed E-state index contributed by atoms with van der Waals surface area (Å²) in [5.74, 6) is -1.60. The minimum Gasteiger partial charge on any atom is -0.457 e. The van der Waals surface area contributed by atoms with E-state index in [1.54, 1.807) is 0 Å². The Morgan fingerprint density at radius 3 is 1.50 bits per heavy atom. The molecular weight excluding hydrogens is 396 g/mol. The highest BCUT2D eigenvalue weighted by Gasteiger charge is 2.56. The Kier molecular flexibility index (Phi) is 10.7. The van der Waals surface area contributed by atoms with E-state index in [4.69, 9.17) is 23.7 Å². The molecule has 1 N–H and O–H groups in total. The third kappa shape index (κ3) is 7.85. The van der Waals surface area contributed by atoms with Crippen molar-refractivity contribution in [2.45, 2.75) is 91.5 Å². The van der Waals surface area contributed by atoms with Gasteiger partial charge in [-0.15, -0.1) is 0 Å². The van der Waals surface area contributed by atoms with Gasteiger partial charge in [0.1, 0.15) is 18.3 Å². The SMILES string of the molecule is CCC(C)CO[C@H]1[C@H](OC(C)=O)[C@H](OCC(C)C)[C@@H](OC(C)=O)[C@H](O)[C@H]1OC(C)=O. The Labute approximate surface area is 178 Å². The van der Waals surface area contributed by atoms with Gasteiger partial charge in [0, 0.05) is 34.0 Å². The van der Waals surface area contributed by atoms with Gasteiger partial charge in [-0.05, 0) is 11.8 Å². The second kappa shape index (κ2) is 12.2. The lowest BCUT2D eigenvalue weighted by atomic mass is 9.83. The Morgan fingerprint density at radius 1 is 0.733 bits per heavy atom. The van der Waals surface area contributed by atoms with E-state index in [2.05, 4.69) is 0 Å². The molecule has 0 spiro atoms. The molecule has 0 saturated heterocycles. The summed E-state index contributed by atoms with van der Waals surface area (Å²) in [6.07, 6.45) is -6.05. The van der Waals surface area contributed by atoms with Crippen LogP contribution < -0.4 is 0 Å². The predicted octanol–water partition coefficient (Wildman–Crippen LogP) is 1.63. The maximum Gasteiger partial charge on any atom is 0.303 e. The molecule has 174 valence electrons. The van der Waals surface area contributed by atoms with Gasteiger partial charge in [-0.25, -0.2) is 0 Å². The van der Waals surface area contributed by atoms with Gasteiger partial charge >= 0.3 is 17.9 Å². The Bertz CT molecular complexity index is 577. The number of hydrogen-bond donors (Lipinski definition) is 1. The van der Waals surface area contributed by atoms with Gasteiger partial charge in [0.2, 0.25) is 0 Å². The molecule has 0 bridgehead atoms. The second-order valence-corrected chi connectivity index (χ2v) is 8.22. The van der Waals surface area contributed by atoms with Gasteiger partial charge in [0.05, 0.1) is 0 Å². The zero-order valence-corrected chi connectivity index (χ0v) is 19.0. The van der Waals surface area contributed by atoms with Crippen LogP contribution in [0.15, 0.2) is 0 Å². The van der Waals surface area contributed by atoms with Crippen molar-refractivity contribution in [3.63, 3.8) is 0 Å². The highest BCUT2D eigenvalue weighted by Crippen LogP contribution is 2.33. The van der Waals surface area contributed by atoms with Crippen molar-refractivity contribution in [3.8, 4) is 0 Å². The van der Waals surface area contributed by atoms with E-state index < -0.39 is 54.5 Å². The van der Waals surface area contributed by atoms with Crippen LogP contribution in [0.4, 0.5) is 0 Å². The largest absolute Gasteiger partial charge is 0.457 e. The highest BCUT2D eigenvalue weighted by molar-refractivity contribution is 5.68. The third-order valence-electron chi connectivity index (χ3n) is 4.77. The minimum absolute atomic E-state index is 0.128. The van der Waals surface area contributed by atoms with E-state index >= 15 is 0 Å². The lowest BCUT2D eigenvalue weighted by Gasteiger charge is -2.47. The number of aliphatic hydroxyl groups is 1. The summed E-state index contributed by atoms with van der Waals surface area (Å²) in [5, 5.41) is 11.0. The predicted molar refractivity (Wildman–Crippen MR) is 106 cm³/mol. The van der Waals surface area contributed by atoms with Crippen LogP contribution in [-0.4, -0.2) is 72.9 Å². The van der Waals surface area contributed by atoms with E-state index in [1.807, 2.05) is 27.7 Å². The van der Waals surface area contributed by atoms with Crippen molar-refractivity contribution in [2.75, 3.05) is 13.2 Å². The molecule has 0 amide bonds. The van der Waals surface area contributed by atoms with E-state index in [0.29, 0.717) is 6.61 Å². The zero-order valence-electron chi connectivity index (χ0n) is 19.0. The lowest BCUT2D eigenvalue weighted by Crippen LogP contribution is -2.67. The zero-order chi connectivity index (χ0) is 23.0. The maximum atomic E-state index is 11.9.